The maximum atomic E-state index is 11.1. The van der Waals surface area contributed by atoms with Gasteiger partial charge in [-0.15, -0.1) is 0 Å². The van der Waals surface area contributed by atoms with Gasteiger partial charge in [0.1, 0.15) is 11.3 Å². The second kappa shape index (κ2) is 6.18. The molecule has 0 aromatic heterocycles. The van der Waals surface area contributed by atoms with Crippen molar-refractivity contribution in [3.8, 4) is 0 Å². The second-order valence-electron chi connectivity index (χ2n) is 3.19. The normalized spacial score (nSPS) is 10.8. The van der Waals surface area contributed by atoms with Crippen molar-refractivity contribution in [3.63, 3.8) is 0 Å². The number of hydrogen-bond donors (Lipinski definition) is 0. The minimum Gasteiger partial charge on any atom is -0.258 e. The van der Waals surface area contributed by atoms with Gasteiger partial charge in [0.25, 0.3) is 5.69 Å². The van der Waals surface area contributed by atoms with E-state index in [4.69, 9.17) is 11.6 Å². The van der Waals surface area contributed by atoms with E-state index in [1.165, 1.54) is 0 Å². The molecular formula is C9H6ClNO6S2. The van der Waals surface area contributed by atoms with E-state index in [2.05, 4.69) is 3.63 Å². The number of non-ortho nitro benzene ring substituents is 1. The van der Waals surface area contributed by atoms with Crippen molar-refractivity contribution in [2.45, 2.75) is 11.8 Å². The van der Waals surface area contributed by atoms with Crippen LogP contribution < -0.4 is 0 Å². The first-order valence-corrected chi connectivity index (χ1v) is 7.12. The number of nitro benzene ring substituents is 1. The van der Waals surface area contributed by atoms with E-state index in [1.54, 1.807) is 6.92 Å². The van der Waals surface area contributed by atoms with Gasteiger partial charge in [-0.3, -0.25) is 10.1 Å². The SMILES string of the molecule is Cc1c(Cl)cc([N+](=O)[O-])cc1SOS(=O)(=O)C=C=O. The summed E-state index contributed by atoms with van der Waals surface area (Å²) in [6, 6.07) is 2.26. The first-order chi connectivity index (χ1) is 8.76. The molecule has 0 unspecified atom stereocenters. The average molecular weight is 324 g/mol. The summed E-state index contributed by atoms with van der Waals surface area (Å²) in [5.74, 6) is 1.06. The number of carbonyl (C=O) groups excluding carboxylic acids is 1. The van der Waals surface area contributed by atoms with Crippen LogP contribution in [0.4, 0.5) is 5.69 Å². The summed E-state index contributed by atoms with van der Waals surface area (Å²) in [5.41, 5.74) is 0.118. The van der Waals surface area contributed by atoms with E-state index < -0.39 is 15.0 Å². The van der Waals surface area contributed by atoms with Crippen molar-refractivity contribution in [1.82, 2.24) is 0 Å². The molecule has 0 bridgehead atoms. The highest BCUT2D eigenvalue weighted by molar-refractivity contribution is 8.05. The van der Waals surface area contributed by atoms with Crippen molar-refractivity contribution in [3.05, 3.63) is 38.2 Å². The van der Waals surface area contributed by atoms with Gasteiger partial charge in [-0.05, 0) is 12.5 Å². The Morgan fingerprint density at radius 2 is 2.16 bits per heavy atom. The Hall–Kier alpha value is -1.38. The zero-order valence-electron chi connectivity index (χ0n) is 9.32. The lowest BCUT2D eigenvalue weighted by atomic mass is 10.2. The molecule has 10 heteroatoms. The van der Waals surface area contributed by atoms with Gasteiger partial charge in [-0.1, -0.05) is 11.6 Å². The molecule has 0 saturated carbocycles. The van der Waals surface area contributed by atoms with Gasteiger partial charge >= 0.3 is 10.1 Å². The molecule has 0 fully saturated rings. The number of rotatable bonds is 5. The minimum absolute atomic E-state index is 0.101. The van der Waals surface area contributed by atoms with E-state index in [-0.39, 0.29) is 21.0 Å². The fourth-order valence-corrected chi connectivity index (χ4v) is 2.62. The van der Waals surface area contributed by atoms with Crippen molar-refractivity contribution < 1.29 is 21.8 Å². The monoisotopic (exact) mass is 323 g/mol. The van der Waals surface area contributed by atoms with Crippen LogP contribution >= 0.6 is 23.6 Å². The highest BCUT2D eigenvalue weighted by atomic mass is 35.5. The molecule has 0 aliphatic carbocycles. The van der Waals surface area contributed by atoms with Crippen LogP contribution in [0.1, 0.15) is 5.56 Å². The van der Waals surface area contributed by atoms with Crippen LogP contribution in [0, 0.1) is 17.0 Å². The lowest BCUT2D eigenvalue weighted by Gasteiger charge is -2.05. The fourth-order valence-electron chi connectivity index (χ4n) is 0.995. The van der Waals surface area contributed by atoms with Crippen LogP contribution in [-0.2, 0) is 18.5 Å². The molecule has 1 rings (SSSR count). The molecular weight excluding hydrogens is 318 g/mol. The predicted octanol–water partition coefficient (Wildman–Crippen LogP) is 2.26. The summed E-state index contributed by atoms with van der Waals surface area (Å²) < 4.78 is 26.6. The second-order valence-corrected chi connectivity index (χ2v) is 5.97. The van der Waals surface area contributed by atoms with Crippen molar-refractivity contribution >= 4 is 45.4 Å². The number of hydrogen-bond acceptors (Lipinski definition) is 7. The molecule has 0 aliphatic rings. The maximum Gasteiger partial charge on any atom is 0.311 e. The molecule has 0 N–H and O–H groups in total. The molecule has 0 atom stereocenters. The molecule has 1 aromatic carbocycles. The highest BCUT2D eigenvalue weighted by Crippen LogP contribution is 2.33. The Kier molecular flexibility index (Phi) is 5.10. The number of halogens is 1. The molecule has 0 heterocycles. The lowest BCUT2D eigenvalue weighted by molar-refractivity contribution is -0.385. The Bertz CT molecular complexity index is 666. The third-order valence-electron chi connectivity index (χ3n) is 1.90. The fraction of sp³-hybridized carbons (Fsp3) is 0.111. The molecule has 102 valence electrons. The smallest absolute Gasteiger partial charge is 0.258 e. The zero-order chi connectivity index (χ0) is 14.6. The van der Waals surface area contributed by atoms with E-state index >= 15 is 0 Å². The quantitative estimate of drug-likeness (QED) is 0.354. The number of nitro groups is 1. The van der Waals surface area contributed by atoms with E-state index in [9.17, 15) is 23.3 Å². The van der Waals surface area contributed by atoms with Gasteiger partial charge in [0, 0.05) is 17.0 Å². The van der Waals surface area contributed by atoms with Gasteiger partial charge in [0.05, 0.1) is 22.0 Å². The molecule has 19 heavy (non-hydrogen) atoms. The van der Waals surface area contributed by atoms with Gasteiger partial charge < -0.3 is 0 Å². The van der Waals surface area contributed by atoms with Gasteiger partial charge in [0.15, 0.2) is 0 Å². The minimum atomic E-state index is -4.19. The van der Waals surface area contributed by atoms with Crippen LogP contribution in [0.15, 0.2) is 22.4 Å². The standard InChI is InChI=1S/C9H6ClNO6S2/c1-6-8(10)4-7(11(13)14)5-9(6)18-17-19(15,16)3-2-12/h3-5H,1H3. The Balaban J connectivity index is 3.08. The Labute approximate surface area is 117 Å². The lowest BCUT2D eigenvalue weighted by Crippen LogP contribution is -1.97. The van der Waals surface area contributed by atoms with Crippen molar-refractivity contribution in [1.29, 1.82) is 0 Å². The first kappa shape index (κ1) is 15.7. The summed E-state index contributed by atoms with van der Waals surface area (Å²) >= 11 is 6.13. The summed E-state index contributed by atoms with van der Waals surface area (Å²) in [4.78, 5) is 20.1. The number of benzene rings is 1. The molecule has 0 saturated heterocycles. The molecule has 1 aromatic rings. The van der Waals surface area contributed by atoms with Crippen LogP contribution in [0.25, 0.3) is 0 Å². The Morgan fingerprint density at radius 1 is 1.53 bits per heavy atom. The first-order valence-electron chi connectivity index (χ1n) is 4.53. The third-order valence-corrected chi connectivity index (χ3v) is 4.32. The molecule has 0 aliphatic heterocycles. The van der Waals surface area contributed by atoms with Gasteiger partial charge in [-0.25, -0.2) is 4.79 Å². The largest absolute Gasteiger partial charge is 0.311 e. The Morgan fingerprint density at radius 3 is 2.68 bits per heavy atom. The van der Waals surface area contributed by atoms with Crippen LogP contribution in [-0.4, -0.2) is 19.3 Å². The molecule has 0 amide bonds. The maximum absolute atomic E-state index is 11.1. The molecule has 7 nitrogen and oxygen atoms in total. The van der Waals surface area contributed by atoms with E-state index in [0.29, 0.717) is 17.6 Å². The third kappa shape index (κ3) is 4.34. The van der Waals surface area contributed by atoms with Crippen LogP contribution in [0.3, 0.4) is 0 Å². The van der Waals surface area contributed by atoms with E-state index in [0.717, 1.165) is 18.1 Å². The number of nitrogens with zero attached hydrogens (tertiary/aromatic N) is 1. The average Bonchev–Trinajstić information content (AvgIpc) is 2.30. The van der Waals surface area contributed by atoms with Crippen molar-refractivity contribution in [2.75, 3.05) is 0 Å². The highest BCUT2D eigenvalue weighted by Gasteiger charge is 2.16. The van der Waals surface area contributed by atoms with Crippen LogP contribution in [0.5, 0.6) is 0 Å². The predicted molar refractivity (Wildman–Crippen MR) is 69.0 cm³/mol. The summed E-state index contributed by atoms with van der Waals surface area (Å²) in [6.07, 6.45) is 0. The molecule has 0 radical (unpaired) electrons. The summed E-state index contributed by atoms with van der Waals surface area (Å²) in [7, 11) is -4.19. The van der Waals surface area contributed by atoms with Gasteiger partial charge in [0.2, 0.25) is 0 Å². The van der Waals surface area contributed by atoms with Gasteiger partial charge in [-0.2, -0.15) is 12.0 Å². The topological polar surface area (TPSA) is 104 Å². The van der Waals surface area contributed by atoms with Crippen LogP contribution in [0.2, 0.25) is 5.02 Å². The van der Waals surface area contributed by atoms with E-state index in [1.807, 2.05) is 0 Å². The summed E-state index contributed by atoms with van der Waals surface area (Å²) in [6.45, 7) is 1.54. The van der Waals surface area contributed by atoms with Crippen molar-refractivity contribution in [2.24, 2.45) is 0 Å². The zero-order valence-corrected chi connectivity index (χ0v) is 11.7. The molecule has 0 spiro atoms. The summed E-state index contributed by atoms with van der Waals surface area (Å²) in [5, 5.41) is 10.9.